The zero-order chi connectivity index (χ0) is 12.8. The molecule has 2 N–H and O–H groups in total. The van der Waals surface area contributed by atoms with Crippen LogP contribution in [0.25, 0.3) is 0 Å². The third-order valence-electron chi connectivity index (χ3n) is 2.88. The second kappa shape index (κ2) is 6.28. The van der Waals surface area contributed by atoms with E-state index in [9.17, 15) is 4.79 Å². The van der Waals surface area contributed by atoms with Gasteiger partial charge in [-0.3, -0.25) is 4.79 Å². The standard InChI is InChI=1S/C14H21NO2/c1-4-5-10(2)8-14(16)12-9-11(17-3)6-7-13(12)15/h6-7,9-10H,4-5,8,15H2,1-3H3. The lowest BCUT2D eigenvalue weighted by Crippen LogP contribution is -2.08. The Balaban J connectivity index is 2.80. The fourth-order valence-corrected chi connectivity index (χ4v) is 1.93. The van der Waals surface area contributed by atoms with Crippen molar-refractivity contribution in [3.63, 3.8) is 0 Å². The largest absolute Gasteiger partial charge is 0.497 e. The van der Waals surface area contributed by atoms with Crippen LogP contribution in [0, 0.1) is 5.92 Å². The Kier molecular flexibility index (Phi) is 5.01. The average Bonchev–Trinajstić information content (AvgIpc) is 2.29. The Labute approximate surface area is 103 Å². The molecule has 1 aromatic rings. The van der Waals surface area contributed by atoms with Gasteiger partial charge in [-0.1, -0.05) is 26.7 Å². The number of ketones is 1. The van der Waals surface area contributed by atoms with Crippen molar-refractivity contribution in [2.24, 2.45) is 5.92 Å². The zero-order valence-electron chi connectivity index (χ0n) is 10.8. The number of anilines is 1. The van der Waals surface area contributed by atoms with Crippen molar-refractivity contribution in [1.29, 1.82) is 0 Å². The molecule has 1 unspecified atom stereocenters. The van der Waals surface area contributed by atoms with E-state index in [-0.39, 0.29) is 5.78 Å². The Bertz CT molecular complexity index is 388. The summed E-state index contributed by atoms with van der Waals surface area (Å²) in [7, 11) is 1.58. The van der Waals surface area contributed by atoms with Crippen molar-refractivity contribution in [2.75, 3.05) is 12.8 Å². The minimum Gasteiger partial charge on any atom is -0.497 e. The SMILES string of the molecule is CCCC(C)CC(=O)c1cc(OC)ccc1N. The lowest BCUT2D eigenvalue weighted by Gasteiger charge is -2.11. The van der Waals surface area contributed by atoms with Gasteiger partial charge in [-0.25, -0.2) is 0 Å². The van der Waals surface area contributed by atoms with Gasteiger partial charge in [0.2, 0.25) is 0 Å². The molecule has 0 aromatic heterocycles. The first-order valence-corrected chi connectivity index (χ1v) is 6.05. The number of ether oxygens (including phenoxy) is 1. The molecule has 1 aromatic carbocycles. The lowest BCUT2D eigenvalue weighted by atomic mass is 9.95. The Morgan fingerprint density at radius 1 is 1.47 bits per heavy atom. The van der Waals surface area contributed by atoms with E-state index in [4.69, 9.17) is 10.5 Å². The van der Waals surface area contributed by atoms with E-state index in [1.807, 2.05) is 0 Å². The first-order chi connectivity index (χ1) is 8.08. The van der Waals surface area contributed by atoms with Crippen molar-refractivity contribution in [1.82, 2.24) is 0 Å². The molecule has 0 radical (unpaired) electrons. The molecule has 0 spiro atoms. The molecule has 0 fully saturated rings. The highest BCUT2D eigenvalue weighted by atomic mass is 16.5. The monoisotopic (exact) mass is 235 g/mol. The van der Waals surface area contributed by atoms with E-state index in [1.165, 1.54) is 0 Å². The van der Waals surface area contributed by atoms with Crippen LogP contribution in [0.15, 0.2) is 18.2 Å². The third-order valence-corrected chi connectivity index (χ3v) is 2.88. The van der Waals surface area contributed by atoms with E-state index < -0.39 is 0 Å². The highest BCUT2D eigenvalue weighted by Crippen LogP contribution is 2.23. The number of nitrogens with two attached hydrogens (primary N) is 1. The van der Waals surface area contributed by atoms with E-state index in [0.29, 0.717) is 29.3 Å². The molecule has 0 bridgehead atoms. The van der Waals surface area contributed by atoms with Crippen molar-refractivity contribution in [3.8, 4) is 5.75 Å². The van der Waals surface area contributed by atoms with Crippen LogP contribution >= 0.6 is 0 Å². The molecule has 0 heterocycles. The van der Waals surface area contributed by atoms with Crippen molar-refractivity contribution < 1.29 is 9.53 Å². The Morgan fingerprint density at radius 3 is 2.76 bits per heavy atom. The van der Waals surface area contributed by atoms with Gasteiger partial charge in [0, 0.05) is 17.7 Å². The molecule has 0 amide bonds. The molecule has 0 aliphatic carbocycles. The zero-order valence-corrected chi connectivity index (χ0v) is 10.8. The quantitative estimate of drug-likeness (QED) is 0.608. The van der Waals surface area contributed by atoms with E-state index in [1.54, 1.807) is 25.3 Å². The van der Waals surface area contributed by atoms with Crippen LogP contribution in [0.4, 0.5) is 5.69 Å². The van der Waals surface area contributed by atoms with Crippen LogP contribution in [-0.4, -0.2) is 12.9 Å². The normalized spacial score (nSPS) is 12.2. The molecule has 3 heteroatoms. The molecule has 0 aliphatic rings. The van der Waals surface area contributed by atoms with Crippen LogP contribution in [0.3, 0.4) is 0 Å². The Hall–Kier alpha value is -1.51. The number of benzene rings is 1. The minimum atomic E-state index is 0.0994. The molecule has 1 atom stereocenters. The summed E-state index contributed by atoms with van der Waals surface area (Å²) < 4.78 is 5.10. The summed E-state index contributed by atoms with van der Waals surface area (Å²) in [5.74, 6) is 1.17. The van der Waals surface area contributed by atoms with E-state index in [2.05, 4.69) is 13.8 Å². The van der Waals surface area contributed by atoms with Gasteiger partial charge in [0.25, 0.3) is 0 Å². The molecule has 17 heavy (non-hydrogen) atoms. The van der Waals surface area contributed by atoms with Gasteiger partial charge in [0.15, 0.2) is 5.78 Å². The highest BCUT2D eigenvalue weighted by molar-refractivity contribution is 6.01. The molecule has 0 aliphatic heterocycles. The second-order valence-corrected chi connectivity index (χ2v) is 4.47. The summed E-state index contributed by atoms with van der Waals surface area (Å²) in [5.41, 5.74) is 6.92. The maximum atomic E-state index is 12.1. The smallest absolute Gasteiger partial charge is 0.165 e. The summed E-state index contributed by atoms with van der Waals surface area (Å²) in [5, 5.41) is 0. The predicted molar refractivity (Wildman–Crippen MR) is 70.4 cm³/mol. The summed E-state index contributed by atoms with van der Waals surface area (Å²) in [6, 6.07) is 5.20. The highest BCUT2D eigenvalue weighted by Gasteiger charge is 2.14. The second-order valence-electron chi connectivity index (χ2n) is 4.47. The van der Waals surface area contributed by atoms with Crippen molar-refractivity contribution in [3.05, 3.63) is 23.8 Å². The number of carbonyl (C=O) groups is 1. The van der Waals surface area contributed by atoms with Crippen molar-refractivity contribution >= 4 is 11.5 Å². The third kappa shape index (κ3) is 3.77. The number of methoxy groups -OCH3 is 1. The van der Waals surface area contributed by atoms with E-state index >= 15 is 0 Å². The van der Waals surface area contributed by atoms with Crippen LogP contribution < -0.4 is 10.5 Å². The van der Waals surface area contributed by atoms with Gasteiger partial charge in [-0.15, -0.1) is 0 Å². The minimum absolute atomic E-state index is 0.0994. The van der Waals surface area contributed by atoms with E-state index in [0.717, 1.165) is 12.8 Å². The number of carbonyl (C=O) groups excluding carboxylic acids is 1. The Morgan fingerprint density at radius 2 is 2.18 bits per heavy atom. The van der Waals surface area contributed by atoms with Gasteiger partial charge >= 0.3 is 0 Å². The van der Waals surface area contributed by atoms with Gasteiger partial charge in [-0.05, 0) is 24.1 Å². The van der Waals surface area contributed by atoms with Gasteiger partial charge < -0.3 is 10.5 Å². The summed E-state index contributed by atoms with van der Waals surface area (Å²) in [6.07, 6.45) is 2.71. The molecule has 1 rings (SSSR count). The first-order valence-electron chi connectivity index (χ1n) is 6.05. The maximum Gasteiger partial charge on any atom is 0.165 e. The van der Waals surface area contributed by atoms with Crippen LogP contribution in [-0.2, 0) is 0 Å². The lowest BCUT2D eigenvalue weighted by molar-refractivity contribution is 0.0963. The maximum absolute atomic E-state index is 12.1. The predicted octanol–water partition coefficient (Wildman–Crippen LogP) is 3.29. The molecular formula is C14H21NO2. The number of rotatable bonds is 6. The topological polar surface area (TPSA) is 52.3 Å². The number of hydrogen-bond acceptors (Lipinski definition) is 3. The van der Waals surface area contributed by atoms with Gasteiger partial charge in [-0.2, -0.15) is 0 Å². The molecule has 3 nitrogen and oxygen atoms in total. The fourth-order valence-electron chi connectivity index (χ4n) is 1.93. The summed E-state index contributed by atoms with van der Waals surface area (Å²) >= 11 is 0. The molecular weight excluding hydrogens is 214 g/mol. The number of hydrogen-bond donors (Lipinski definition) is 1. The van der Waals surface area contributed by atoms with Gasteiger partial charge in [0.1, 0.15) is 5.75 Å². The van der Waals surface area contributed by atoms with Crippen LogP contribution in [0.2, 0.25) is 0 Å². The van der Waals surface area contributed by atoms with Crippen LogP contribution in [0.5, 0.6) is 5.75 Å². The molecule has 94 valence electrons. The van der Waals surface area contributed by atoms with Gasteiger partial charge in [0.05, 0.1) is 7.11 Å². The van der Waals surface area contributed by atoms with Crippen LogP contribution in [0.1, 0.15) is 43.5 Å². The number of nitrogen functional groups attached to an aromatic ring is 1. The molecule has 0 saturated carbocycles. The molecule has 0 saturated heterocycles. The number of Topliss-reactive ketones (excluding diaryl/α,β-unsaturated/α-hetero) is 1. The summed E-state index contributed by atoms with van der Waals surface area (Å²) in [4.78, 5) is 12.1. The summed E-state index contributed by atoms with van der Waals surface area (Å²) in [6.45, 7) is 4.22. The first kappa shape index (κ1) is 13.6. The average molecular weight is 235 g/mol. The fraction of sp³-hybridized carbons (Fsp3) is 0.500. The van der Waals surface area contributed by atoms with Crippen molar-refractivity contribution in [2.45, 2.75) is 33.1 Å².